The Morgan fingerprint density at radius 1 is 0.903 bits per heavy atom. The lowest BCUT2D eigenvalue weighted by Gasteiger charge is -2.07. The van der Waals surface area contributed by atoms with Crippen LogP contribution in [0.4, 0.5) is 8.78 Å². The first kappa shape index (κ1) is 20.4. The zero-order valence-electron chi connectivity index (χ0n) is 15.7. The van der Waals surface area contributed by atoms with Crippen molar-refractivity contribution >= 4 is 28.0 Å². The van der Waals surface area contributed by atoms with Crippen molar-refractivity contribution in [3.05, 3.63) is 101 Å². The summed E-state index contributed by atoms with van der Waals surface area (Å²) in [4.78, 5) is 15.6. The highest BCUT2D eigenvalue weighted by Gasteiger charge is 2.25. The topological polar surface area (TPSA) is 82.0 Å². The van der Waals surface area contributed by atoms with Crippen LogP contribution in [-0.4, -0.2) is 20.2 Å². The van der Waals surface area contributed by atoms with Crippen LogP contribution in [0.1, 0.15) is 11.1 Å². The summed E-state index contributed by atoms with van der Waals surface area (Å²) >= 11 is 0. The van der Waals surface area contributed by atoms with Gasteiger partial charge in [0.05, 0.1) is 5.56 Å². The smallest absolute Gasteiger partial charge is 0.339 e. The summed E-state index contributed by atoms with van der Waals surface area (Å²) < 4.78 is 61.8. The van der Waals surface area contributed by atoms with Crippen molar-refractivity contribution in [3.63, 3.8) is 0 Å². The largest absolute Gasteiger partial charge is 0.432 e. The predicted molar refractivity (Wildman–Crippen MR) is 108 cm³/mol. The molecule has 3 aromatic rings. The highest BCUT2D eigenvalue weighted by atomic mass is 32.2. The van der Waals surface area contributed by atoms with Gasteiger partial charge in [0.2, 0.25) is 5.90 Å². The molecule has 31 heavy (non-hydrogen) atoms. The fourth-order valence-electron chi connectivity index (χ4n) is 2.71. The number of benzene rings is 3. The van der Waals surface area contributed by atoms with E-state index in [1.165, 1.54) is 48.5 Å². The highest BCUT2D eigenvalue weighted by Crippen LogP contribution is 2.23. The van der Waals surface area contributed by atoms with E-state index in [-0.39, 0.29) is 27.9 Å². The normalized spacial score (nSPS) is 15.0. The van der Waals surface area contributed by atoms with E-state index in [2.05, 4.69) is 4.99 Å². The Hall–Kier alpha value is -3.85. The van der Waals surface area contributed by atoms with Gasteiger partial charge in [-0.1, -0.05) is 24.3 Å². The van der Waals surface area contributed by atoms with Crippen molar-refractivity contribution in [1.82, 2.24) is 0 Å². The summed E-state index contributed by atoms with van der Waals surface area (Å²) in [7, 11) is -4.13. The van der Waals surface area contributed by atoms with Gasteiger partial charge in [0.15, 0.2) is 5.76 Å². The number of hydrogen-bond donors (Lipinski definition) is 0. The van der Waals surface area contributed by atoms with E-state index in [9.17, 15) is 22.0 Å². The molecule has 0 unspecified atom stereocenters. The minimum Gasteiger partial charge on any atom is -0.432 e. The van der Waals surface area contributed by atoms with Gasteiger partial charge < -0.3 is 8.92 Å². The summed E-state index contributed by atoms with van der Waals surface area (Å²) in [6.45, 7) is 0. The SMILES string of the molecule is O=C1N=C(c2ccccc2F)O/C1=C/c1ccc(OS(=O)(=O)c2ccc(F)cc2)cc1. The third kappa shape index (κ3) is 4.51. The molecule has 0 aliphatic carbocycles. The molecule has 0 spiro atoms. The molecule has 0 radical (unpaired) electrons. The molecule has 4 rings (SSSR count). The van der Waals surface area contributed by atoms with Crippen LogP contribution in [0.15, 0.2) is 88.4 Å². The van der Waals surface area contributed by atoms with Crippen molar-refractivity contribution in [2.45, 2.75) is 4.90 Å². The molecule has 0 saturated heterocycles. The summed E-state index contributed by atoms with van der Waals surface area (Å²) in [5.74, 6) is -2.03. The maximum absolute atomic E-state index is 13.9. The van der Waals surface area contributed by atoms with Crippen LogP contribution in [0.2, 0.25) is 0 Å². The standard InChI is InChI=1S/C22H13F2NO5S/c23-15-7-11-17(12-8-15)31(27,28)30-16-9-5-14(6-10-16)13-20-21(26)25-22(29-20)18-3-1-2-4-19(18)24/h1-13H/b20-13+. The Kier molecular flexibility index (Phi) is 5.35. The van der Waals surface area contributed by atoms with Gasteiger partial charge in [-0.3, -0.25) is 4.79 Å². The molecule has 1 heterocycles. The maximum Gasteiger partial charge on any atom is 0.339 e. The zero-order valence-corrected chi connectivity index (χ0v) is 16.5. The molecule has 156 valence electrons. The second kappa shape index (κ2) is 8.11. The van der Waals surface area contributed by atoms with Gasteiger partial charge in [0, 0.05) is 0 Å². The number of aliphatic imine (C=N–C) groups is 1. The molecule has 9 heteroatoms. The summed E-state index contributed by atoms with van der Waals surface area (Å²) in [6, 6.07) is 15.8. The fraction of sp³-hybridized carbons (Fsp3) is 0. The van der Waals surface area contributed by atoms with Crippen LogP contribution in [0.5, 0.6) is 5.75 Å². The summed E-state index contributed by atoms with van der Waals surface area (Å²) in [6.07, 6.45) is 1.39. The van der Waals surface area contributed by atoms with Crippen LogP contribution >= 0.6 is 0 Å². The van der Waals surface area contributed by atoms with E-state index in [1.54, 1.807) is 6.07 Å². The van der Waals surface area contributed by atoms with Crippen LogP contribution in [0, 0.1) is 11.6 Å². The van der Waals surface area contributed by atoms with Crippen molar-refractivity contribution in [3.8, 4) is 5.75 Å². The first-order valence-electron chi connectivity index (χ1n) is 8.89. The van der Waals surface area contributed by atoms with Gasteiger partial charge in [0.1, 0.15) is 22.3 Å². The summed E-state index contributed by atoms with van der Waals surface area (Å²) in [5, 5.41) is 0. The minimum absolute atomic E-state index is 0.0217. The first-order chi connectivity index (χ1) is 14.8. The molecule has 6 nitrogen and oxygen atoms in total. The lowest BCUT2D eigenvalue weighted by Crippen LogP contribution is -2.09. The average molecular weight is 441 g/mol. The van der Waals surface area contributed by atoms with E-state index in [0.717, 1.165) is 24.3 Å². The Bertz CT molecular complexity index is 1310. The van der Waals surface area contributed by atoms with E-state index in [0.29, 0.717) is 5.56 Å². The van der Waals surface area contributed by atoms with Gasteiger partial charge in [-0.05, 0) is 60.2 Å². The number of ether oxygens (including phenoxy) is 1. The Morgan fingerprint density at radius 2 is 1.58 bits per heavy atom. The van der Waals surface area contributed by atoms with Crippen LogP contribution in [-0.2, 0) is 19.6 Å². The molecule has 0 N–H and O–H groups in total. The van der Waals surface area contributed by atoms with Gasteiger partial charge in [-0.25, -0.2) is 8.78 Å². The second-order valence-electron chi connectivity index (χ2n) is 6.37. The molecule has 0 atom stereocenters. The molecule has 0 bridgehead atoms. The molecular weight excluding hydrogens is 428 g/mol. The quantitative estimate of drug-likeness (QED) is 0.440. The van der Waals surface area contributed by atoms with Crippen molar-refractivity contribution in [2.24, 2.45) is 4.99 Å². The van der Waals surface area contributed by atoms with E-state index in [4.69, 9.17) is 8.92 Å². The van der Waals surface area contributed by atoms with Gasteiger partial charge >= 0.3 is 16.0 Å². The third-order valence-corrected chi connectivity index (χ3v) is 5.47. The highest BCUT2D eigenvalue weighted by molar-refractivity contribution is 7.87. The Balaban J connectivity index is 1.49. The molecule has 3 aromatic carbocycles. The number of rotatable bonds is 5. The molecule has 1 aliphatic heterocycles. The number of carbonyl (C=O) groups is 1. The molecule has 0 saturated carbocycles. The lowest BCUT2D eigenvalue weighted by molar-refractivity contribution is -0.115. The fourth-order valence-corrected chi connectivity index (χ4v) is 3.64. The maximum atomic E-state index is 13.9. The Morgan fingerprint density at radius 3 is 2.26 bits per heavy atom. The molecule has 0 fully saturated rings. The molecule has 1 amide bonds. The molecule has 1 aliphatic rings. The van der Waals surface area contributed by atoms with Crippen LogP contribution in [0.3, 0.4) is 0 Å². The van der Waals surface area contributed by atoms with Crippen molar-refractivity contribution in [1.29, 1.82) is 0 Å². The second-order valence-corrected chi connectivity index (χ2v) is 7.92. The van der Waals surface area contributed by atoms with E-state index >= 15 is 0 Å². The van der Waals surface area contributed by atoms with Crippen LogP contribution < -0.4 is 4.18 Å². The van der Waals surface area contributed by atoms with Crippen molar-refractivity contribution < 1.29 is 30.9 Å². The summed E-state index contributed by atoms with van der Waals surface area (Å²) in [5.41, 5.74) is 0.564. The average Bonchev–Trinajstić information content (AvgIpc) is 3.10. The molecular formula is C22H13F2NO5S. The van der Waals surface area contributed by atoms with Crippen molar-refractivity contribution in [2.75, 3.05) is 0 Å². The lowest BCUT2D eigenvalue weighted by atomic mass is 10.2. The number of nitrogens with zero attached hydrogens (tertiary/aromatic N) is 1. The monoisotopic (exact) mass is 441 g/mol. The van der Waals surface area contributed by atoms with Gasteiger partial charge in [-0.2, -0.15) is 13.4 Å². The van der Waals surface area contributed by atoms with E-state index < -0.39 is 27.7 Å². The minimum atomic E-state index is -4.13. The van der Waals surface area contributed by atoms with Gasteiger partial charge in [0.25, 0.3) is 0 Å². The van der Waals surface area contributed by atoms with Gasteiger partial charge in [-0.15, -0.1) is 0 Å². The van der Waals surface area contributed by atoms with Crippen LogP contribution in [0.25, 0.3) is 6.08 Å². The third-order valence-electron chi connectivity index (χ3n) is 4.21. The number of hydrogen-bond acceptors (Lipinski definition) is 5. The van der Waals surface area contributed by atoms with E-state index in [1.807, 2.05) is 0 Å². The Labute approximate surface area is 176 Å². The number of carbonyl (C=O) groups excluding carboxylic acids is 1. The predicted octanol–water partition coefficient (Wildman–Crippen LogP) is 4.08. The number of amides is 1. The first-order valence-corrected chi connectivity index (χ1v) is 10.3. The number of halogens is 2. The molecule has 0 aromatic heterocycles. The zero-order chi connectivity index (χ0) is 22.0.